The second-order valence-electron chi connectivity index (χ2n) is 4.33. The SMILES string of the molecule is O=C(Nc1ccncc1)c1ccnc(-c2ccccn2)c1. The fraction of sp³-hybridized carbons (Fsp3) is 0. The number of anilines is 1. The third kappa shape index (κ3) is 3.09. The van der Waals surface area contributed by atoms with Gasteiger partial charge in [-0.1, -0.05) is 6.07 Å². The summed E-state index contributed by atoms with van der Waals surface area (Å²) in [6.07, 6.45) is 6.55. The standard InChI is InChI=1S/C16H12N4O/c21-16(20-13-5-8-17-9-6-13)12-4-10-19-15(11-12)14-3-1-2-7-18-14/h1-11H,(H,17,20,21). The lowest BCUT2D eigenvalue weighted by molar-refractivity contribution is 0.102. The van der Waals surface area contributed by atoms with E-state index in [1.54, 1.807) is 49.1 Å². The summed E-state index contributed by atoms with van der Waals surface area (Å²) in [6.45, 7) is 0. The summed E-state index contributed by atoms with van der Waals surface area (Å²) in [7, 11) is 0. The molecule has 0 saturated heterocycles. The Hall–Kier alpha value is -3.08. The number of pyridine rings is 3. The van der Waals surface area contributed by atoms with E-state index in [1.807, 2.05) is 18.2 Å². The van der Waals surface area contributed by atoms with Crippen LogP contribution in [0.15, 0.2) is 67.3 Å². The van der Waals surface area contributed by atoms with E-state index in [4.69, 9.17) is 0 Å². The molecular weight excluding hydrogens is 264 g/mol. The number of hydrogen-bond donors (Lipinski definition) is 1. The van der Waals surface area contributed by atoms with Crippen molar-refractivity contribution < 1.29 is 4.79 Å². The number of carbonyl (C=O) groups excluding carboxylic acids is 1. The molecule has 0 atom stereocenters. The molecule has 3 aromatic heterocycles. The molecule has 3 rings (SSSR count). The van der Waals surface area contributed by atoms with E-state index in [9.17, 15) is 4.79 Å². The topological polar surface area (TPSA) is 67.8 Å². The smallest absolute Gasteiger partial charge is 0.255 e. The molecule has 3 aromatic rings. The van der Waals surface area contributed by atoms with Gasteiger partial charge in [0, 0.05) is 36.0 Å². The van der Waals surface area contributed by atoms with Crippen LogP contribution in [0.5, 0.6) is 0 Å². The number of rotatable bonds is 3. The van der Waals surface area contributed by atoms with Crippen LogP contribution in [-0.2, 0) is 0 Å². The fourth-order valence-corrected chi connectivity index (χ4v) is 1.86. The molecule has 0 unspecified atom stereocenters. The third-order valence-electron chi connectivity index (χ3n) is 2.89. The number of aromatic nitrogens is 3. The number of hydrogen-bond acceptors (Lipinski definition) is 4. The molecule has 0 bridgehead atoms. The van der Waals surface area contributed by atoms with Crippen molar-refractivity contribution in [1.29, 1.82) is 0 Å². The molecular formula is C16H12N4O. The van der Waals surface area contributed by atoms with Gasteiger partial charge in [-0.05, 0) is 36.4 Å². The minimum Gasteiger partial charge on any atom is -0.322 e. The summed E-state index contributed by atoms with van der Waals surface area (Å²) >= 11 is 0. The van der Waals surface area contributed by atoms with Crippen LogP contribution < -0.4 is 5.32 Å². The highest BCUT2D eigenvalue weighted by Gasteiger charge is 2.08. The summed E-state index contributed by atoms with van der Waals surface area (Å²) in [5, 5.41) is 2.81. The van der Waals surface area contributed by atoms with Crippen LogP contribution in [0.3, 0.4) is 0 Å². The van der Waals surface area contributed by atoms with Crippen LogP contribution >= 0.6 is 0 Å². The fourth-order valence-electron chi connectivity index (χ4n) is 1.86. The lowest BCUT2D eigenvalue weighted by Gasteiger charge is -2.06. The average molecular weight is 276 g/mol. The Labute approximate surface area is 121 Å². The van der Waals surface area contributed by atoms with Gasteiger partial charge in [0.05, 0.1) is 11.4 Å². The van der Waals surface area contributed by atoms with Gasteiger partial charge in [-0.2, -0.15) is 0 Å². The number of amides is 1. The highest BCUT2D eigenvalue weighted by molar-refractivity contribution is 6.04. The zero-order chi connectivity index (χ0) is 14.5. The van der Waals surface area contributed by atoms with Crippen molar-refractivity contribution in [2.45, 2.75) is 0 Å². The van der Waals surface area contributed by atoms with Crippen molar-refractivity contribution in [1.82, 2.24) is 15.0 Å². The van der Waals surface area contributed by atoms with Crippen molar-refractivity contribution in [3.63, 3.8) is 0 Å². The van der Waals surface area contributed by atoms with E-state index >= 15 is 0 Å². The number of nitrogens with one attached hydrogen (secondary N) is 1. The first-order valence-electron chi connectivity index (χ1n) is 6.42. The Kier molecular flexibility index (Phi) is 3.64. The number of carbonyl (C=O) groups is 1. The van der Waals surface area contributed by atoms with Gasteiger partial charge >= 0.3 is 0 Å². The predicted molar refractivity (Wildman–Crippen MR) is 79.7 cm³/mol. The Morgan fingerprint density at radius 3 is 2.43 bits per heavy atom. The van der Waals surface area contributed by atoms with Crippen LogP contribution in [0.1, 0.15) is 10.4 Å². The Morgan fingerprint density at radius 1 is 0.857 bits per heavy atom. The molecule has 0 radical (unpaired) electrons. The van der Waals surface area contributed by atoms with E-state index in [2.05, 4.69) is 20.3 Å². The zero-order valence-electron chi connectivity index (χ0n) is 11.1. The van der Waals surface area contributed by atoms with Crippen LogP contribution in [0.4, 0.5) is 5.69 Å². The molecule has 0 fully saturated rings. The third-order valence-corrected chi connectivity index (χ3v) is 2.89. The molecule has 5 nitrogen and oxygen atoms in total. The second kappa shape index (κ2) is 5.92. The molecule has 0 aromatic carbocycles. The van der Waals surface area contributed by atoms with Crippen molar-refractivity contribution in [3.05, 3.63) is 72.8 Å². The lowest BCUT2D eigenvalue weighted by atomic mass is 10.1. The molecule has 0 spiro atoms. The molecule has 5 heteroatoms. The first-order chi connectivity index (χ1) is 10.3. The maximum Gasteiger partial charge on any atom is 0.255 e. The normalized spacial score (nSPS) is 10.1. The monoisotopic (exact) mass is 276 g/mol. The van der Waals surface area contributed by atoms with Crippen molar-refractivity contribution in [3.8, 4) is 11.4 Å². The molecule has 102 valence electrons. The summed E-state index contributed by atoms with van der Waals surface area (Å²) < 4.78 is 0. The molecule has 0 aliphatic rings. The zero-order valence-corrected chi connectivity index (χ0v) is 11.1. The van der Waals surface area contributed by atoms with Gasteiger partial charge in [-0.15, -0.1) is 0 Å². The Balaban J connectivity index is 1.85. The van der Waals surface area contributed by atoms with Gasteiger partial charge in [-0.3, -0.25) is 19.7 Å². The van der Waals surface area contributed by atoms with E-state index in [0.717, 1.165) is 5.69 Å². The van der Waals surface area contributed by atoms with Crippen LogP contribution in [0.2, 0.25) is 0 Å². The van der Waals surface area contributed by atoms with Gasteiger partial charge in [0.1, 0.15) is 0 Å². The van der Waals surface area contributed by atoms with Crippen LogP contribution in [0, 0.1) is 0 Å². The summed E-state index contributed by atoms with van der Waals surface area (Å²) in [6, 6.07) is 12.4. The summed E-state index contributed by atoms with van der Waals surface area (Å²) in [5.41, 5.74) is 2.63. The maximum absolute atomic E-state index is 12.2. The molecule has 1 amide bonds. The first-order valence-corrected chi connectivity index (χ1v) is 6.42. The number of nitrogens with zero attached hydrogens (tertiary/aromatic N) is 3. The summed E-state index contributed by atoms with van der Waals surface area (Å²) in [5.74, 6) is -0.194. The van der Waals surface area contributed by atoms with E-state index in [0.29, 0.717) is 16.9 Å². The molecule has 3 heterocycles. The predicted octanol–water partition coefficient (Wildman–Crippen LogP) is 2.79. The quantitative estimate of drug-likeness (QED) is 0.798. The summed E-state index contributed by atoms with van der Waals surface area (Å²) in [4.78, 5) is 24.6. The first kappa shape index (κ1) is 12.9. The molecule has 1 N–H and O–H groups in total. The second-order valence-corrected chi connectivity index (χ2v) is 4.33. The van der Waals surface area contributed by atoms with Crippen molar-refractivity contribution >= 4 is 11.6 Å². The van der Waals surface area contributed by atoms with Crippen molar-refractivity contribution in [2.75, 3.05) is 5.32 Å². The highest BCUT2D eigenvalue weighted by atomic mass is 16.1. The van der Waals surface area contributed by atoms with E-state index in [-0.39, 0.29) is 5.91 Å². The Morgan fingerprint density at radius 2 is 1.67 bits per heavy atom. The van der Waals surface area contributed by atoms with Crippen molar-refractivity contribution in [2.24, 2.45) is 0 Å². The van der Waals surface area contributed by atoms with Gasteiger partial charge in [0.25, 0.3) is 5.91 Å². The molecule has 21 heavy (non-hydrogen) atoms. The molecule has 0 aliphatic carbocycles. The van der Waals surface area contributed by atoms with Gasteiger partial charge < -0.3 is 5.32 Å². The van der Waals surface area contributed by atoms with Gasteiger partial charge in [-0.25, -0.2) is 0 Å². The van der Waals surface area contributed by atoms with Gasteiger partial charge in [0.2, 0.25) is 0 Å². The molecule has 0 aliphatic heterocycles. The lowest BCUT2D eigenvalue weighted by Crippen LogP contribution is -2.12. The molecule has 0 saturated carbocycles. The van der Waals surface area contributed by atoms with E-state index in [1.165, 1.54) is 0 Å². The highest BCUT2D eigenvalue weighted by Crippen LogP contribution is 2.15. The Bertz CT molecular complexity index is 744. The van der Waals surface area contributed by atoms with Crippen LogP contribution in [0.25, 0.3) is 11.4 Å². The minimum atomic E-state index is -0.194. The largest absolute Gasteiger partial charge is 0.322 e. The average Bonchev–Trinajstić information content (AvgIpc) is 2.57. The minimum absolute atomic E-state index is 0.194. The van der Waals surface area contributed by atoms with Gasteiger partial charge in [0.15, 0.2) is 0 Å². The maximum atomic E-state index is 12.2. The van der Waals surface area contributed by atoms with Crippen LogP contribution in [-0.4, -0.2) is 20.9 Å². The van der Waals surface area contributed by atoms with E-state index < -0.39 is 0 Å².